The standard InChI is InChI=1S/C20H19ClN6S/c21-16-6-4-15(5-7-16)17-13-27-19(24-17)28-20(25-27)26-10-8-14(12-26)11-23-18-3-1-2-9-22-18/h1-7,9,13-14H,8,10-12H2,(H,22,23). The number of anilines is 2. The molecule has 1 aromatic carbocycles. The van der Waals surface area contributed by atoms with Crippen molar-refractivity contribution >= 4 is 38.8 Å². The summed E-state index contributed by atoms with van der Waals surface area (Å²) in [7, 11) is 0. The van der Waals surface area contributed by atoms with E-state index in [4.69, 9.17) is 21.7 Å². The molecule has 28 heavy (non-hydrogen) atoms. The van der Waals surface area contributed by atoms with Gasteiger partial charge in [-0.3, -0.25) is 0 Å². The summed E-state index contributed by atoms with van der Waals surface area (Å²) in [6, 6.07) is 13.7. The highest BCUT2D eigenvalue weighted by molar-refractivity contribution is 7.20. The predicted octanol–water partition coefficient (Wildman–Crippen LogP) is 4.44. The first kappa shape index (κ1) is 17.5. The molecule has 1 N–H and O–H groups in total. The lowest BCUT2D eigenvalue weighted by Gasteiger charge is -2.15. The molecule has 0 aliphatic carbocycles. The zero-order chi connectivity index (χ0) is 18.9. The maximum Gasteiger partial charge on any atom is 0.214 e. The van der Waals surface area contributed by atoms with Gasteiger partial charge < -0.3 is 10.2 Å². The molecule has 8 heteroatoms. The SMILES string of the molecule is Clc1ccc(-c2cn3nc(N4CCC(CNc5ccccn5)C4)sc3n2)cc1. The first-order valence-corrected chi connectivity index (χ1v) is 10.5. The number of hydrogen-bond donors (Lipinski definition) is 1. The molecule has 0 spiro atoms. The quantitative estimate of drug-likeness (QED) is 0.527. The van der Waals surface area contributed by atoms with Crippen molar-refractivity contribution in [3.05, 3.63) is 59.9 Å². The molecule has 1 atom stereocenters. The number of rotatable bonds is 5. The summed E-state index contributed by atoms with van der Waals surface area (Å²) in [6.07, 6.45) is 4.94. The third kappa shape index (κ3) is 3.55. The second kappa shape index (κ2) is 7.41. The number of benzene rings is 1. The molecule has 1 fully saturated rings. The average molecular weight is 411 g/mol. The summed E-state index contributed by atoms with van der Waals surface area (Å²) >= 11 is 7.61. The molecule has 6 nitrogen and oxygen atoms in total. The van der Waals surface area contributed by atoms with Crippen molar-refractivity contribution in [3.63, 3.8) is 0 Å². The van der Waals surface area contributed by atoms with Crippen LogP contribution < -0.4 is 10.2 Å². The average Bonchev–Trinajstić information content (AvgIpc) is 3.42. The van der Waals surface area contributed by atoms with Crippen LogP contribution in [0.5, 0.6) is 0 Å². The monoisotopic (exact) mass is 410 g/mol. The van der Waals surface area contributed by atoms with Crippen molar-refractivity contribution < 1.29 is 0 Å². The molecule has 142 valence electrons. The minimum atomic E-state index is 0.586. The van der Waals surface area contributed by atoms with E-state index >= 15 is 0 Å². The Morgan fingerprint density at radius 2 is 2.07 bits per heavy atom. The number of aromatic nitrogens is 4. The molecule has 0 amide bonds. The number of imidazole rings is 1. The van der Waals surface area contributed by atoms with Crippen molar-refractivity contribution in [1.82, 2.24) is 19.6 Å². The van der Waals surface area contributed by atoms with Gasteiger partial charge in [-0.1, -0.05) is 41.1 Å². The number of nitrogens with one attached hydrogen (secondary N) is 1. The fourth-order valence-corrected chi connectivity index (χ4v) is 4.51. The highest BCUT2D eigenvalue weighted by atomic mass is 35.5. The van der Waals surface area contributed by atoms with E-state index in [9.17, 15) is 0 Å². The van der Waals surface area contributed by atoms with Gasteiger partial charge in [0.1, 0.15) is 5.82 Å². The molecule has 3 aromatic heterocycles. The van der Waals surface area contributed by atoms with Crippen LogP contribution in [0.3, 0.4) is 0 Å². The van der Waals surface area contributed by atoms with Crippen molar-refractivity contribution in [2.24, 2.45) is 5.92 Å². The molecule has 1 saturated heterocycles. The smallest absolute Gasteiger partial charge is 0.214 e. The summed E-state index contributed by atoms with van der Waals surface area (Å²) in [6.45, 7) is 2.95. The molecule has 1 unspecified atom stereocenters. The van der Waals surface area contributed by atoms with Crippen LogP contribution in [0.2, 0.25) is 5.02 Å². The molecule has 5 rings (SSSR count). The van der Waals surface area contributed by atoms with Crippen LogP contribution in [0.25, 0.3) is 16.2 Å². The lowest BCUT2D eigenvalue weighted by molar-refractivity contribution is 0.621. The maximum atomic E-state index is 5.97. The molecule has 1 aliphatic heterocycles. The molecular weight excluding hydrogens is 392 g/mol. The maximum absolute atomic E-state index is 5.97. The minimum absolute atomic E-state index is 0.586. The lowest BCUT2D eigenvalue weighted by Crippen LogP contribution is -2.22. The second-order valence-electron chi connectivity index (χ2n) is 6.94. The van der Waals surface area contributed by atoms with Crippen molar-refractivity contribution in [1.29, 1.82) is 0 Å². The Morgan fingerprint density at radius 3 is 2.86 bits per heavy atom. The number of pyridine rings is 1. The van der Waals surface area contributed by atoms with E-state index < -0.39 is 0 Å². The van der Waals surface area contributed by atoms with Gasteiger partial charge in [-0.25, -0.2) is 14.5 Å². The molecule has 0 bridgehead atoms. The van der Waals surface area contributed by atoms with Crippen LogP contribution in [0.4, 0.5) is 10.9 Å². The molecule has 4 aromatic rings. The Bertz CT molecular complexity index is 1040. The lowest BCUT2D eigenvalue weighted by atomic mass is 10.1. The van der Waals surface area contributed by atoms with Crippen LogP contribution >= 0.6 is 22.9 Å². The van der Waals surface area contributed by atoms with Gasteiger partial charge in [0.15, 0.2) is 0 Å². The second-order valence-corrected chi connectivity index (χ2v) is 8.31. The Balaban J connectivity index is 1.25. The van der Waals surface area contributed by atoms with Crippen molar-refractivity contribution in [2.45, 2.75) is 6.42 Å². The molecular formula is C20H19ClN6S. The summed E-state index contributed by atoms with van der Waals surface area (Å²) in [4.78, 5) is 12.3. The van der Waals surface area contributed by atoms with Gasteiger partial charge in [-0.2, -0.15) is 0 Å². The molecule has 0 saturated carbocycles. The Morgan fingerprint density at radius 1 is 1.18 bits per heavy atom. The highest BCUT2D eigenvalue weighted by Gasteiger charge is 2.25. The minimum Gasteiger partial charge on any atom is -0.370 e. The van der Waals surface area contributed by atoms with E-state index in [2.05, 4.69) is 15.2 Å². The van der Waals surface area contributed by atoms with Gasteiger partial charge in [0.25, 0.3) is 0 Å². The van der Waals surface area contributed by atoms with E-state index in [-0.39, 0.29) is 0 Å². The zero-order valence-corrected chi connectivity index (χ0v) is 16.7. The van der Waals surface area contributed by atoms with Gasteiger partial charge in [-0.05, 0) is 36.6 Å². The van der Waals surface area contributed by atoms with E-state index in [1.54, 1.807) is 11.3 Å². The van der Waals surface area contributed by atoms with Gasteiger partial charge in [0.05, 0.1) is 11.9 Å². The first-order chi connectivity index (χ1) is 13.7. The van der Waals surface area contributed by atoms with E-state index in [0.29, 0.717) is 5.92 Å². The van der Waals surface area contributed by atoms with Crippen LogP contribution in [-0.2, 0) is 0 Å². The van der Waals surface area contributed by atoms with Gasteiger partial charge >= 0.3 is 0 Å². The van der Waals surface area contributed by atoms with Crippen molar-refractivity contribution in [3.8, 4) is 11.3 Å². The number of hydrogen-bond acceptors (Lipinski definition) is 6. The van der Waals surface area contributed by atoms with E-state index in [1.165, 1.54) is 0 Å². The highest BCUT2D eigenvalue weighted by Crippen LogP contribution is 2.30. The van der Waals surface area contributed by atoms with Gasteiger partial charge in [0.2, 0.25) is 10.1 Å². The fraction of sp³-hybridized carbons (Fsp3) is 0.250. The van der Waals surface area contributed by atoms with Gasteiger partial charge in [0, 0.05) is 36.4 Å². The predicted molar refractivity (Wildman–Crippen MR) is 114 cm³/mol. The number of fused-ring (bicyclic) bond motifs is 1. The largest absolute Gasteiger partial charge is 0.370 e. The summed E-state index contributed by atoms with van der Waals surface area (Å²) in [5.74, 6) is 1.52. The van der Waals surface area contributed by atoms with Crippen LogP contribution in [0.1, 0.15) is 6.42 Å². The Hall–Kier alpha value is -2.64. The summed E-state index contributed by atoms with van der Waals surface area (Å²) in [5.41, 5.74) is 1.96. The molecule has 1 aliphatic rings. The van der Waals surface area contributed by atoms with E-state index in [0.717, 1.165) is 58.2 Å². The number of nitrogens with zero attached hydrogens (tertiary/aromatic N) is 5. The topological polar surface area (TPSA) is 58.4 Å². The third-order valence-electron chi connectivity index (χ3n) is 4.97. The van der Waals surface area contributed by atoms with Crippen LogP contribution in [-0.4, -0.2) is 39.2 Å². The van der Waals surface area contributed by atoms with Crippen LogP contribution in [0.15, 0.2) is 54.9 Å². The third-order valence-corrected chi connectivity index (χ3v) is 6.20. The summed E-state index contributed by atoms with van der Waals surface area (Å²) in [5, 5.41) is 9.94. The van der Waals surface area contributed by atoms with Gasteiger partial charge in [-0.15, -0.1) is 5.10 Å². The Kier molecular flexibility index (Phi) is 4.62. The fourth-order valence-electron chi connectivity index (χ4n) is 3.47. The molecule has 4 heterocycles. The Labute approximate surface area is 171 Å². The summed E-state index contributed by atoms with van der Waals surface area (Å²) < 4.78 is 1.88. The normalized spacial score (nSPS) is 16.8. The molecule has 0 radical (unpaired) electrons. The van der Waals surface area contributed by atoms with E-state index in [1.807, 2.05) is 59.4 Å². The first-order valence-electron chi connectivity index (χ1n) is 9.26. The van der Waals surface area contributed by atoms with Crippen LogP contribution in [0, 0.1) is 5.92 Å². The zero-order valence-electron chi connectivity index (χ0n) is 15.1. The van der Waals surface area contributed by atoms with Crippen molar-refractivity contribution in [2.75, 3.05) is 29.9 Å². The number of halogens is 1.